The van der Waals surface area contributed by atoms with E-state index in [4.69, 9.17) is 9.47 Å². The van der Waals surface area contributed by atoms with Crippen LogP contribution in [0.2, 0.25) is 0 Å². The van der Waals surface area contributed by atoms with Crippen LogP contribution in [0.1, 0.15) is 23.1 Å². The number of anilines is 1. The molecule has 0 saturated carbocycles. The number of nitrogens with one attached hydrogen (secondary N) is 1. The lowest BCUT2D eigenvalue weighted by molar-refractivity contribution is -0.138. The van der Waals surface area contributed by atoms with Crippen LogP contribution in [-0.2, 0) is 17.4 Å². The number of ether oxygens (including phenoxy) is 2. The van der Waals surface area contributed by atoms with Gasteiger partial charge in [0.25, 0.3) is 0 Å². The van der Waals surface area contributed by atoms with Crippen LogP contribution in [0.15, 0.2) is 36.4 Å². The number of amides is 1. The van der Waals surface area contributed by atoms with Crippen LogP contribution in [0.25, 0.3) is 0 Å². The van der Waals surface area contributed by atoms with Gasteiger partial charge in [0.1, 0.15) is 0 Å². The van der Waals surface area contributed by atoms with Crippen molar-refractivity contribution < 1.29 is 27.4 Å². The zero-order chi connectivity index (χ0) is 18.0. The molecule has 0 bridgehead atoms. The van der Waals surface area contributed by atoms with Gasteiger partial charge in [0, 0.05) is 12.1 Å². The molecule has 0 fully saturated rings. The monoisotopic (exact) mass is 351 g/mol. The van der Waals surface area contributed by atoms with E-state index in [1.165, 1.54) is 19.1 Å². The van der Waals surface area contributed by atoms with Gasteiger partial charge in [-0.1, -0.05) is 12.1 Å². The number of fused-ring (bicyclic) bond motifs is 1. The van der Waals surface area contributed by atoms with E-state index < -0.39 is 11.7 Å². The highest BCUT2D eigenvalue weighted by molar-refractivity contribution is 5.91. The summed E-state index contributed by atoms with van der Waals surface area (Å²) in [6, 6.07) is 9.15. The van der Waals surface area contributed by atoms with Crippen LogP contribution in [0.5, 0.6) is 11.5 Å². The van der Waals surface area contributed by atoms with Crippen molar-refractivity contribution in [2.24, 2.45) is 0 Å². The molecule has 132 valence electrons. The molecule has 0 unspecified atom stereocenters. The van der Waals surface area contributed by atoms with E-state index >= 15 is 0 Å². The maximum absolute atomic E-state index is 12.9. The molecule has 0 saturated heterocycles. The minimum Gasteiger partial charge on any atom is -0.454 e. The van der Waals surface area contributed by atoms with Crippen molar-refractivity contribution in [2.75, 3.05) is 12.1 Å². The Morgan fingerprint density at radius 2 is 1.88 bits per heavy atom. The van der Waals surface area contributed by atoms with Crippen LogP contribution in [0, 0.1) is 6.92 Å². The number of benzene rings is 2. The first-order valence-corrected chi connectivity index (χ1v) is 7.69. The summed E-state index contributed by atoms with van der Waals surface area (Å²) in [7, 11) is 0. The molecule has 0 atom stereocenters. The van der Waals surface area contributed by atoms with E-state index in [1.807, 2.05) is 6.07 Å². The molecule has 1 N–H and O–H groups in total. The van der Waals surface area contributed by atoms with Gasteiger partial charge in [-0.05, 0) is 48.7 Å². The number of aryl methyl sites for hydroxylation is 2. The predicted molar refractivity (Wildman–Crippen MR) is 85.7 cm³/mol. The molecule has 0 spiro atoms. The maximum Gasteiger partial charge on any atom is 0.416 e. The van der Waals surface area contributed by atoms with Crippen LogP contribution in [0.4, 0.5) is 18.9 Å². The number of hydrogen-bond acceptors (Lipinski definition) is 3. The second-order valence-corrected chi connectivity index (χ2v) is 5.76. The number of carbonyl (C=O) groups excluding carboxylic acids is 1. The molecular weight excluding hydrogens is 335 g/mol. The number of rotatable bonds is 4. The average Bonchev–Trinajstić information content (AvgIpc) is 3.01. The Kier molecular flexibility index (Phi) is 4.57. The van der Waals surface area contributed by atoms with Crippen molar-refractivity contribution in [3.63, 3.8) is 0 Å². The Bertz CT molecular complexity index is 803. The maximum atomic E-state index is 12.9. The van der Waals surface area contributed by atoms with Gasteiger partial charge < -0.3 is 14.8 Å². The third-order valence-corrected chi connectivity index (χ3v) is 3.90. The molecule has 0 radical (unpaired) electrons. The standard InChI is InChI=1S/C18H16F3NO3/c1-11-2-5-13(9-14(11)18(19,20)21)22-17(23)7-4-12-3-6-15-16(8-12)25-10-24-15/h2-3,5-6,8-9H,4,7,10H2,1H3,(H,22,23). The number of carbonyl (C=O) groups is 1. The molecule has 2 aromatic rings. The topological polar surface area (TPSA) is 47.6 Å². The largest absolute Gasteiger partial charge is 0.454 e. The van der Waals surface area contributed by atoms with Gasteiger partial charge in [0.15, 0.2) is 11.5 Å². The van der Waals surface area contributed by atoms with Crippen molar-refractivity contribution in [2.45, 2.75) is 25.9 Å². The van der Waals surface area contributed by atoms with Gasteiger partial charge in [-0.15, -0.1) is 0 Å². The van der Waals surface area contributed by atoms with Crippen molar-refractivity contribution in [1.29, 1.82) is 0 Å². The van der Waals surface area contributed by atoms with E-state index in [1.54, 1.807) is 12.1 Å². The Balaban J connectivity index is 1.61. The highest BCUT2D eigenvalue weighted by atomic mass is 19.4. The van der Waals surface area contributed by atoms with Crippen LogP contribution in [0.3, 0.4) is 0 Å². The number of halogens is 3. The minimum absolute atomic E-state index is 0.117. The first kappa shape index (κ1) is 17.1. The van der Waals surface area contributed by atoms with Gasteiger partial charge in [-0.25, -0.2) is 0 Å². The van der Waals surface area contributed by atoms with E-state index in [0.717, 1.165) is 11.6 Å². The summed E-state index contributed by atoms with van der Waals surface area (Å²) in [5.74, 6) is 0.938. The Labute approximate surface area is 142 Å². The summed E-state index contributed by atoms with van der Waals surface area (Å²) in [4.78, 5) is 12.0. The van der Waals surface area contributed by atoms with Crippen LogP contribution < -0.4 is 14.8 Å². The first-order chi connectivity index (χ1) is 11.8. The van der Waals surface area contributed by atoms with Crippen molar-refractivity contribution in [1.82, 2.24) is 0 Å². The Morgan fingerprint density at radius 3 is 2.64 bits per heavy atom. The molecule has 0 aliphatic carbocycles. The van der Waals surface area contributed by atoms with E-state index in [0.29, 0.717) is 17.9 Å². The smallest absolute Gasteiger partial charge is 0.416 e. The van der Waals surface area contributed by atoms with Crippen molar-refractivity contribution in [3.8, 4) is 11.5 Å². The molecule has 1 aliphatic heterocycles. The van der Waals surface area contributed by atoms with Gasteiger partial charge in [-0.2, -0.15) is 13.2 Å². The molecule has 1 amide bonds. The molecule has 2 aromatic carbocycles. The van der Waals surface area contributed by atoms with Crippen molar-refractivity contribution in [3.05, 3.63) is 53.1 Å². The molecular formula is C18H16F3NO3. The average molecular weight is 351 g/mol. The summed E-state index contributed by atoms with van der Waals surface area (Å²) in [6.45, 7) is 1.56. The second kappa shape index (κ2) is 6.66. The quantitative estimate of drug-likeness (QED) is 0.893. The fourth-order valence-corrected chi connectivity index (χ4v) is 2.58. The summed E-state index contributed by atoms with van der Waals surface area (Å²) in [5.41, 5.74) is 0.389. The van der Waals surface area contributed by atoms with Crippen molar-refractivity contribution >= 4 is 11.6 Å². The highest BCUT2D eigenvalue weighted by Crippen LogP contribution is 2.34. The molecule has 7 heteroatoms. The van der Waals surface area contributed by atoms with E-state index in [2.05, 4.69) is 5.32 Å². The molecule has 3 rings (SSSR count). The number of alkyl halides is 3. The summed E-state index contributed by atoms with van der Waals surface area (Å²) in [6.07, 6.45) is -3.85. The van der Waals surface area contributed by atoms with E-state index in [9.17, 15) is 18.0 Å². The molecule has 4 nitrogen and oxygen atoms in total. The zero-order valence-electron chi connectivity index (χ0n) is 13.4. The summed E-state index contributed by atoms with van der Waals surface area (Å²) < 4.78 is 49.2. The van der Waals surface area contributed by atoms with Gasteiger partial charge in [-0.3, -0.25) is 4.79 Å². The molecule has 1 heterocycles. The van der Waals surface area contributed by atoms with Gasteiger partial charge >= 0.3 is 6.18 Å². The lowest BCUT2D eigenvalue weighted by Crippen LogP contribution is -2.14. The third-order valence-electron chi connectivity index (χ3n) is 3.90. The van der Waals surface area contributed by atoms with Gasteiger partial charge in [0.2, 0.25) is 12.7 Å². The first-order valence-electron chi connectivity index (χ1n) is 7.69. The van der Waals surface area contributed by atoms with Crippen LogP contribution in [-0.4, -0.2) is 12.7 Å². The minimum atomic E-state index is -4.45. The van der Waals surface area contributed by atoms with Crippen LogP contribution >= 0.6 is 0 Å². The summed E-state index contributed by atoms with van der Waals surface area (Å²) >= 11 is 0. The SMILES string of the molecule is Cc1ccc(NC(=O)CCc2ccc3c(c2)OCO3)cc1C(F)(F)F. The normalized spacial score (nSPS) is 13.0. The summed E-state index contributed by atoms with van der Waals surface area (Å²) in [5, 5.41) is 2.51. The van der Waals surface area contributed by atoms with E-state index in [-0.39, 0.29) is 30.4 Å². The lowest BCUT2D eigenvalue weighted by Gasteiger charge is -2.13. The third kappa shape index (κ3) is 4.04. The Morgan fingerprint density at radius 1 is 1.12 bits per heavy atom. The zero-order valence-corrected chi connectivity index (χ0v) is 13.4. The molecule has 25 heavy (non-hydrogen) atoms. The molecule has 1 aliphatic rings. The fraction of sp³-hybridized carbons (Fsp3) is 0.278. The number of hydrogen-bond donors (Lipinski definition) is 1. The Hall–Kier alpha value is -2.70. The van der Waals surface area contributed by atoms with Gasteiger partial charge in [0.05, 0.1) is 5.56 Å². The second-order valence-electron chi connectivity index (χ2n) is 5.76. The highest BCUT2D eigenvalue weighted by Gasteiger charge is 2.32. The molecule has 0 aromatic heterocycles. The predicted octanol–water partition coefficient (Wildman–Crippen LogP) is 4.31. The fourth-order valence-electron chi connectivity index (χ4n) is 2.58. The lowest BCUT2D eigenvalue weighted by atomic mass is 10.1.